The number of hydrogen-bond donors (Lipinski definition) is 1. The molecular weight excluding hydrogens is 262 g/mol. The molecule has 0 aliphatic rings. The van der Waals surface area contributed by atoms with Crippen LogP contribution in [0.25, 0.3) is 0 Å². The zero-order chi connectivity index (χ0) is 12.1. The number of halogens is 1. The van der Waals surface area contributed by atoms with Crippen molar-refractivity contribution in [1.29, 1.82) is 0 Å². The number of rotatable bonds is 5. The number of aromatic nitrogens is 2. The largest absolute Gasteiger partial charge is 0.364 e. The SMILES string of the molecule is O=C(Cc1nc(CCl)cs1)NCc1ccon1. The van der Waals surface area contributed by atoms with Gasteiger partial charge in [-0.15, -0.1) is 22.9 Å². The molecule has 0 aliphatic heterocycles. The van der Waals surface area contributed by atoms with Gasteiger partial charge in [-0.05, 0) is 0 Å². The summed E-state index contributed by atoms with van der Waals surface area (Å²) in [6.45, 7) is 0.364. The Hall–Kier alpha value is -1.40. The third-order valence-corrected chi connectivity index (χ3v) is 3.18. The van der Waals surface area contributed by atoms with Gasteiger partial charge in [0.25, 0.3) is 0 Å². The summed E-state index contributed by atoms with van der Waals surface area (Å²) >= 11 is 7.07. The molecule has 7 heteroatoms. The van der Waals surface area contributed by atoms with E-state index in [1.807, 2.05) is 5.38 Å². The highest BCUT2D eigenvalue weighted by atomic mass is 35.5. The minimum atomic E-state index is -0.0940. The summed E-state index contributed by atoms with van der Waals surface area (Å²) in [5, 5.41) is 9.04. The third kappa shape index (κ3) is 3.54. The molecule has 17 heavy (non-hydrogen) atoms. The van der Waals surface area contributed by atoms with Gasteiger partial charge in [0.15, 0.2) is 0 Å². The van der Waals surface area contributed by atoms with Gasteiger partial charge in [-0.25, -0.2) is 4.98 Å². The Labute approximate surface area is 107 Å². The molecular formula is C10H10ClN3O2S. The Morgan fingerprint density at radius 1 is 1.53 bits per heavy atom. The Kier molecular flexibility index (Phi) is 4.11. The summed E-state index contributed by atoms with van der Waals surface area (Å²) in [7, 11) is 0. The first kappa shape index (κ1) is 12.1. The number of nitrogens with zero attached hydrogens (tertiary/aromatic N) is 2. The average Bonchev–Trinajstić information content (AvgIpc) is 2.97. The summed E-state index contributed by atoms with van der Waals surface area (Å²) in [5.74, 6) is 0.278. The lowest BCUT2D eigenvalue weighted by Crippen LogP contribution is -2.24. The van der Waals surface area contributed by atoms with E-state index in [9.17, 15) is 4.79 Å². The van der Waals surface area contributed by atoms with Crippen molar-refractivity contribution in [2.24, 2.45) is 0 Å². The van der Waals surface area contributed by atoms with E-state index in [4.69, 9.17) is 11.6 Å². The Balaban J connectivity index is 1.81. The third-order valence-electron chi connectivity index (χ3n) is 2.01. The zero-order valence-corrected chi connectivity index (χ0v) is 10.4. The van der Waals surface area contributed by atoms with Crippen LogP contribution in [0.2, 0.25) is 0 Å². The van der Waals surface area contributed by atoms with E-state index in [1.165, 1.54) is 17.6 Å². The fourth-order valence-electron chi connectivity index (χ4n) is 1.21. The van der Waals surface area contributed by atoms with Gasteiger partial charge in [-0.2, -0.15) is 0 Å². The van der Waals surface area contributed by atoms with Crippen molar-refractivity contribution < 1.29 is 9.32 Å². The summed E-state index contributed by atoms with van der Waals surface area (Å²) in [6, 6.07) is 1.70. The van der Waals surface area contributed by atoms with Crippen LogP contribution in [-0.2, 0) is 23.6 Å². The van der Waals surface area contributed by atoms with E-state index < -0.39 is 0 Å². The molecule has 5 nitrogen and oxygen atoms in total. The molecule has 0 fully saturated rings. The van der Waals surface area contributed by atoms with Gasteiger partial charge in [0.05, 0.1) is 24.5 Å². The maximum atomic E-state index is 11.6. The van der Waals surface area contributed by atoms with Crippen molar-refractivity contribution in [3.05, 3.63) is 34.1 Å². The number of thiazole rings is 1. The summed E-state index contributed by atoms with van der Waals surface area (Å²) in [5.41, 5.74) is 1.50. The van der Waals surface area contributed by atoms with Crippen LogP contribution in [0.3, 0.4) is 0 Å². The molecule has 90 valence electrons. The first-order valence-corrected chi connectivity index (χ1v) is 6.34. The average molecular weight is 272 g/mol. The van der Waals surface area contributed by atoms with Crippen molar-refractivity contribution in [2.45, 2.75) is 18.8 Å². The molecule has 0 spiro atoms. The minimum Gasteiger partial charge on any atom is -0.364 e. The van der Waals surface area contributed by atoms with Gasteiger partial charge in [0.2, 0.25) is 5.91 Å². The highest BCUT2D eigenvalue weighted by Crippen LogP contribution is 2.12. The molecule has 0 atom stereocenters. The van der Waals surface area contributed by atoms with Gasteiger partial charge < -0.3 is 9.84 Å². The Morgan fingerprint density at radius 3 is 3.06 bits per heavy atom. The maximum Gasteiger partial charge on any atom is 0.227 e. The van der Waals surface area contributed by atoms with Crippen LogP contribution < -0.4 is 5.32 Å². The van der Waals surface area contributed by atoms with Gasteiger partial charge in [0.1, 0.15) is 17.0 Å². The van der Waals surface area contributed by atoms with E-state index in [1.54, 1.807) is 6.07 Å². The number of carbonyl (C=O) groups excluding carboxylic acids is 1. The van der Waals surface area contributed by atoms with Gasteiger partial charge in [-0.1, -0.05) is 5.16 Å². The van der Waals surface area contributed by atoms with Crippen LogP contribution in [0, 0.1) is 0 Å². The van der Waals surface area contributed by atoms with Crippen molar-refractivity contribution in [1.82, 2.24) is 15.5 Å². The van der Waals surface area contributed by atoms with E-state index >= 15 is 0 Å². The minimum absolute atomic E-state index is 0.0940. The molecule has 1 N–H and O–H groups in total. The van der Waals surface area contributed by atoms with Gasteiger partial charge in [-0.3, -0.25) is 4.79 Å². The molecule has 0 saturated heterocycles. The summed E-state index contributed by atoms with van der Waals surface area (Å²) in [4.78, 5) is 15.8. The molecule has 0 radical (unpaired) electrons. The first-order valence-electron chi connectivity index (χ1n) is 4.93. The maximum absolute atomic E-state index is 11.6. The molecule has 0 saturated carbocycles. The second-order valence-electron chi connectivity index (χ2n) is 3.31. The number of nitrogens with one attached hydrogen (secondary N) is 1. The number of amides is 1. The second-order valence-corrected chi connectivity index (χ2v) is 4.52. The molecule has 2 aromatic heterocycles. The second kappa shape index (κ2) is 5.79. The lowest BCUT2D eigenvalue weighted by Gasteiger charge is -2.00. The van der Waals surface area contributed by atoms with Crippen molar-refractivity contribution in [3.63, 3.8) is 0 Å². The number of hydrogen-bond acceptors (Lipinski definition) is 5. The fraction of sp³-hybridized carbons (Fsp3) is 0.300. The predicted molar refractivity (Wildman–Crippen MR) is 63.7 cm³/mol. The van der Waals surface area contributed by atoms with Crippen molar-refractivity contribution in [3.8, 4) is 0 Å². The smallest absolute Gasteiger partial charge is 0.227 e. The van der Waals surface area contributed by atoms with Crippen molar-refractivity contribution in [2.75, 3.05) is 0 Å². The van der Waals surface area contributed by atoms with Crippen LogP contribution in [0.15, 0.2) is 22.2 Å². The summed E-state index contributed by atoms with van der Waals surface area (Å²) < 4.78 is 4.66. The molecule has 0 unspecified atom stereocenters. The Bertz CT molecular complexity index is 483. The monoisotopic (exact) mass is 271 g/mol. The van der Waals surface area contributed by atoms with E-state index in [0.717, 1.165) is 10.7 Å². The molecule has 2 heterocycles. The van der Waals surface area contributed by atoms with E-state index in [2.05, 4.69) is 20.0 Å². The lowest BCUT2D eigenvalue weighted by molar-refractivity contribution is -0.120. The standard InChI is InChI=1S/C10H10ClN3O2S/c11-4-8-6-17-10(13-8)3-9(15)12-5-7-1-2-16-14-7/h1-2,6H,3-5H2,(H,12,15). The highest BCUT2D eigenvalue weighted by Gasteiger charge is 2.08. The van der Waals surface area contributed by atoms with Gasteiger partial charge >= 0.3 is 0 Å². The molecule has 2 aromatic rings. The Morgan fingerprint density at radius 2 is 2.41 bits per heavy atom. The zero-order valence-electron chi connectivity index (χ0n) is 8.85. The molecule has 1 amide bonds. The van der Waals surface area contributed by atoms with Crippen LogP contribution in [0.4, 0.5) is 0 Å². The van der Waals surface area contributed by atoms with Crippen LogP contribution in [-0.4, -0.2) is 16.0 Å². The normalized spacial score (nSPS) is 10.4. The highest BCUT2D eigenvalue weighted by molar-refractivity contribution is 7.09. The first-order chi connectivity index (χ1) is 8.28. The van der Waals surface area contributed by atoms with Crippen LogP contribution in [0.5, 0.6) is 0 Å². The topological polar surface area (TPSA) is 68.0 Å². The molecule has 0 bridgehead atoms. The predicted octanol–water partition coefficient (Wildman–Crippen LogP) is 1.73. The lowest BCUT2D eigenvalue weighted by atomic mass is 10.4. The fourth-order valence-corrected chi connectivity index (χ4v) is 2.23. The molecule has 0 aliphatic carbocycles. The number of carbonyl (C=O) groups is 1. The number of alkyl halides is 1. The quantitative estimate of drug-likeness (QED) is 0.841. The van der Waals surface area contributed by atoms with Crippen LogP contribution in [0.1, 0.15) is 16.4 Å². The van der Waals surface area contributed by atoms with E-state index in [-0.39, 0.29) is 12.3 Å². The van der Waals surface area contributed by atoms with Gasteiger partial charge in [0, 0.05) is 11.4 Å². The van der Waals surface area contributed by atoms with Crippen LogP contribution >= 0.6 is 22.9 Å². The van der Waals surface area contributed by atoms with E-state index in [0.29, 0.717) is 18.1 Å². The van der Waals surface area contributed by atoms with Crippen molar-refractivity contribution >= 4 is 28.8 Å². The molecule has 0 aromatic carbocycles. The molecule has 2 rings (SSSR count). The summed E-state index contributed by atoms with van der Waals surface area (Å²) in [6.07, 6.45) is 1.73.